The van der Waals surface area contributed by atoms with E-state index in [2.05, 4.69) is 10.0 Å². The van der Waals surface area contributed by atoms with Crippen molar-refractivity contribution in [2.75, 3.05) is 0 Å². The zero-order valence-electron chi connectivity index (χ0n) is 6.00. The molecular weight excluding hydrogens is 152 g/mol. The summed E-state index contributed by atoms with van der Waals surface area (Å²) in [5.74, 6) is -2.53. The second kappa shape index (κ2) is 3.05. The number of azide groups is 1. The molecule has 0 N–H and O–H groups in total. The lowest BCUT2D eigenvalue weighted by Gasteiger charge is -2.24. The fourth-order valence-corrected chi connectivity index (χ4v) is 1.21. The van der Waals surface area contributed by atoms with Crippen LogP contribution >= 0.6 is 0 Å². The highest BCUT2D eigenvalue weighted by Gasteiger charge is 2.34. The van der Waals surface area contributed by atoms with Gasteiger partial charge in [0, 0.05) is 23.8 Å². The molecule has 0 spiro atoms. The van der Waals surface area contributed by atoms with Gasteiger partial charge in [-0.05, 0) is 18.4 Å². The van der Waals surface area contributed by atoms with E-state index in [0.29, 0.717) is 12.8 Å². The molecule has 11 heavy (non-hydrogen) atoms. The average Bonchev–Trinajstić information content (AvgIpc) is 1.94. The predicted octanol–water partition coefficient (Wildman–Crippen LogP) is 2.87. The van der Waals surface area contributed by atoms with E-state index in [0.717, 1.165) is 0 Å². The van der Waals surface area contributed by atoms with Crippen molar-refractivity contribution in [3.63, 3.8) is 0 Å². The maximum atomic E-state index is 12.5. The number of rotatable bonds is 1. The third-order valence-corrected chi connectivity index (χ3v) is 1.90. The molecule has 5 heteroatoms. The van der Waals surface area contributed by atoms with Crippen LogP contribution in [0.15, 0.2) is 5.11 Å². The number of halogens is 2. The normalized spacial score (nSPS) is 24.2. The Morgan fingerprint density at radius 2 is 1.91 bits per heavy atom. The third-order valence-electron chi connectivity index (χ3n) is 1.90. The largest absolute Gasteiger partial charge is 0.248 e. The fourth-order valence-electron chi connectivity index (χ4n) is 1.21. The molecular formula is C6H9F2N3. The van der Waals surface area contributed by atoms with E-state index in [1.165, 1.54) is 0 Å². The minimum absolute atomic E-state index is 0.142. The lowest BCUT2D eigenvalue weighted by atomic mass is 9.93. The first-order chi connectivity index (χ1) is 5.14. The van der Waals surface area contributed by atoms with Gasteiger partial charge in [0.2, 0.25) is 5.92 Å². The molecule has 1 aliphatic rings. The van der Waals surface area contributed by atoms with Gasteiger partial charge in [-0.15, -0.1) is 0 Å². The Hall–Kier alpha value is -0.830. The highest BCUT2D eigenvalue weighted by atomic mass is 19.3. The van der Waals surface area contributed by atoms with Crippen molar-refractivity contribution < 1.29 is 8.78 Å². The first-order valence-corrected chi connectivity index (χ1v) is 3.56. The Labute approximate surface area is 63.0 Å². The predicted molar refractivity (Wildman–Crippen MR) is 36.3 cm³/mol. The lowest BCUT2D eigenvalue weighted by Crippen LogP contribution is -2.26. The molecule has 1 saturated carbocycles. The fraction of sp³-hybridized carbons (Fsp3) is 1.00. The van der Waals surface area contributed by atoms with Crippen LogP contribution in [-0.2, 0) is 0 Å². The van der Waals surface area contributed by atoms with Crippen LogP contribution in [0.3, 0.4) is 0 Å². The van der Waals surface area contributed by atoms with Crippen LogP contribution in [0.4, 0.5) is 8.78 Å². The van der Waals surface area contributed by atoms with Crippen molar-refractivity contribution >= 4 is 0 Å². The van der Waals surface area contributed by atoms with Crippen LogP contribution in [0.1, 0.15) is 25.7 Å². The summed E-state index contributed by atoms with van der Waals surface area (Å²) in [7, 11) is 0. The smallest absolute Gasteiger partial charge is 0.207 e. The Morgan fingerprint density at radius 3 is 2.36 bits per heavy atom. The zero-order chi connectivity index (χ0) is 8.32. The molecule has 0 bridgehead atoms. The highest BCUT2D eigenvalue weighted by molar-refractivity contribution is 4.81. The van der Waals surface area contributed by atoms with Gasteiger partial charge in [-0.1, -0.05) is 5.11 Å². The third kappa shape index (κ3) is 2.35. The molecule has 0 aromatic heterocycles. The second-order valence-corrected chi connectivity index (χ2v) is 2.79. The molecule has 62 valence electrons. The molecule has 1 rings (SSSR count). The molecule has 0 atom stereocenters. The lowest BCUT2D eigenvalue weighted by molar-refractivity contribution is -0.0374. The van der Waals surface area contributed by atoms with Crippen LogP contribution in [0.5, 0.6) is 0 Å². The molecule has 0 aromatic rings. The zero-order valence-corrected chi connectivity index (χ0v) is 6.00. The Kier molecular flexibility index (Phi) is 2.29. The van der Waals surface area contributed by atoms with Crippen molar-refractivity contribution in [3.8, 4) is 0 Å². The molecule has 0 heterocycles. The average molecular weight is 161 g/mol. The maximum Gasteiger partial charge on any atom is 0.248 e. The Morgan fingerprint density at radius 1 is 1.36 bits per heavy atom. The quantitative estimate of drug-likeness (QED) is 0.322. The summed E-state index contributed by atoms with van der Waals surface area (Å²) in [6, 6.07) is -0.209. The van der Waals surface area contributed by atoms with Crippen LogP contribution < -0.4 is 0 Å². The van der Waals surface area contributed by atoms with Crippen molar-refractivity contribution in [2.24, 2.45) is 5.11 Å². The molecule has 3 nitrogen and oxygen atoms in total. The molecule has 1 fully saturated rings. The van der Waals surface area contributed by atoms with Crippen LogP contribution in [-0.4, -0.2) is 12.0 Å². The minimum atomic E-state index is -2.53. The minimum Gasteiger partial charge on any atom is -0.207 e. The van der Waals surface area contributed by atoms with E-state index in [1.54, 1.807) is 0 Å². The monoisotopic (exact) mass is 161 g/mol. The Bertz CT molecular complexity index is 176. The van der Waals surface area contributed by atoms with Crippen LogP contribution in [0.2, 0.25) is 0 Å². The van der Waals surface area contributed by atoms with Gasteiger partial charge in [0.25, 0.3) is 0 Å². The maximum absolute atomic E-state index is 12.5. The number of hydrogen-bond acceptors (Lipinski definition) is 1. The van der Waals surface area contributed by atoms with Crippen molar-refractivity contribution in [3.05, 3.63) is 10.4 Å². The van der Waals surface area contributed by atoms with E-state index in [9.17, 15) is 8.78 Å². The standard InChI is InChI=1S/C6H9F2N3/c7-6(8)3-1-5(2-4-6)10-11-9/h5H,1-4H2. The van der Waals surface area contributed by atoms with Gasteiger partial charge in [-0.3, -0.25) is 0 Å². The summed E-state index contributed by atoms with van der Waals surface area (Å²) in [6.45, 7) is 0. The number of nitrogens with zero attached hydrogens (tertiary/aromatic N) is 3. The van der Waals surface area contributed by atoms with E-state index in [4.69, 9.17) is 5.53 Å². The topological polar surface area (TPSA) is 48.8 Å². The van der Waals surface area contributed by atoms with Crippen molar-refractivity contribution in [1.82, 2.24) is 0 Å². The van der Waals surface area contributed by atoms with E-state index in [1.807, 2.05) is 0 Å². The first-order valence-electron chi connectivity index (χ1n) is 3.56. The summed E-state index contributed by atoms with van der Waals surface area (Å²) in [5.41, 5.74) is 8.02. The summed E-state index contributed by atoms with van der Waals surface area (Å²) in [4.78, 5) is 2.59. The molecule has 0 radical (unpaired) electrons. The molecule has 0 amide bonds. The van der Waals surface area contributed by atoms with Gasteiger partial charge in [-0.2, -0.15) is 0 Å². The van der Waals surface area contributed by atoms with Gasteiger partial charge in [0.15, 0.2) is 0 Å². The molecule has 0 unspecified atom stereocenters. The first kappa shape index (κ1) is 8.27. The van der Waals surface area contributed by atoms with Gasteiger partial charge in [0.05, 0.1) is 0 Å². The van der Waals surface area contributed by atoms with Gasteiger partial charge >= 0.3 is 0 Å². The Balaban J connectivity index is 2.42. The summed E-state index contributed by atoms with van der Waals surface area (Å²) >= 11 is 0. The van der Waals surface area contributed by atoms with E-state index >= 15 is 0 Å². The van der Waals surface area contributed by atoms with Crippen LogP contribution in [0, 0.1) is 0 Å². The van der Waals surface area contributed by atoms with Gasteiger partial charge in [0.1, 0.15) is 0 Å². The van der Waals surface area contributed by atoms with Gasteiger partial charge < -0.3 is 0 Å². The van der Waals surface area contributed by atoms with Gasteiger partial charge in [-0.25, -0.2) is 8.78 Å². The molecule has 0 aliphatic heterocycles. The SMILES string of the molecule is [N-]=[N+]=NC1CCC(F)(F)CC1. The molecule has 0 saturated heterocycles. The summed E-state index contributed by atoms with van der Waals surface area (Å²) < 4.78 is 25.0. The van der Waals surface area contributed by atoms with Crippen LogP contribution in [0.25, 0.3) is 10.4 Å². The summed E-state index contributed by atoms with van der Waals surface area (Å²) in [6.07, 6.45) is 0.349. The second-order valence-electron chi connectivity index (χ2n) is 2.79. The molecule has 0 aromatic carbocycles. The summed E-state index contributed by atoms with van der Waals surface area (Å²) in [5, 5.41) is 3.40. The van der Waals surface area contributed by atoms with E-state index in [-0.39, 0.29) is 18.9 Å². The highest BCUT2D eigenvalue weighted by Crippen LogP contribution is 2.34. The number of alkyl halides is 2. The van der Waals surface area contributed by atoms with Crippen molar-refractivity contribution in [2.45, 2.75) is 37.6 Å². The molecule has 1 aliphatic carbocycles. The number of hydrogen-bond donors (Lipinski definition) is 0. The van der Waals surface area contributed by atoms with Crippen molar-refractivity contribution in [1.29, 1.82) is 0 Å². The van der Waals surface area contributed by atoms with E-state index < -0.39 is 5.92 Å².